The molecule has 16 heavy (non-hydrogen) atoms. The molecule has 2 heterocycles. The minimum Gasteiger partial charge on any atom is -0.388 e. The molecule has 0 aromatic carbocycles. The van der Waals surface area contributed by atoms with E-state index in [9.17, 15) is 13.5 Å². The molecule has 1 unspecified atom stereocenters. The fraction of sp³-hybridized carbons (Fsp3) is 1.00. The van der Waals surface area contributed by atoms with Crippen LogP contribution in [0.5, 0.6) is 0 Å². The Morgan fingerprint density at radius 3 is 2.31 bits per heavy atom. The SMILES string of the molecule is NCC1(C2(O)CCS(=O)(=O)C2)CCOCC1. The van der Waals surface area contributed by atoms with Gasteiger partial charge in [-0.1, -0.05) is 0 Å². The highest BCUT2D eigenvalue weighted by Crippen LogP contribution is 2.45. The van der Waals surface area contributed by atoms with Crippen molar-refractivity contribution in [1.82, 2.24) is 0 Å². The molecule has 2 saturated heterocycles. The van der Waals surface area contributed by atoms with Crippen molar-refractivity contribution in [2.75, 3.05) is 31.3 Å². The van der Waals surface area contributed by atoms with E-state index in [-0.39, 0.29) is 11.5 Å². The Kier molecular flexibility index (Phi) is 3.03. The van der Waals surface area contributed by atoms with Gasteiger partial charge in [0.15, 0.2) is 9.84 Å². The summed E-state index contributed by atoms with van der Waals surface area (Å²) in [5, 5.41) is 10.6. The van der Waals surface area contributed by atoms with Gasteiger partial charge in [0.25, 0.3) is 0 Å². The standard InChI is InChI=1S/C10H19NO4S/c11-7-9(1-4-15-5-2-9)10(12)3-6-16(13,14)8-10/h12H,1-8,11H2. The molecule has 6 heteroatoms. The lowest BCUT2D eigenvalue weighted by Crippen LogP contribution is -2.56. The summed E-state index contributed by atoms with van der Waals surface area (Å²) in [5.41, 5.74) is 4.16. The average Bonchev–Trinajstić information content (AvgIpc) is 2.55. The summed E-state index contributed by atoms with van der Waals surface area (Å²) in [5.74, 6) is -0.0662. The van der Waals surface area contributed by atoms with Crippen LogP contribution in [0.2, 0.25) is 0 Å². The van der Waals surface area contributed by atoms with Crippen LogP contribution < -0.4 is 5.73 Å². The molecule has 0 aliphatic carbocycles. The number of hydrogen-bond acceptors (Lipinski definition) is 5. The van der Waals surface area contributed by atoms with E-state index in [0.29, 0.717) is 39.0 Å². The number of rotatable bonds is 2. The van der Waals surface area contributed by atoms with Crippen molar-refractivity contribution >= 4 is 9.84 Å². The maximum Gasteiger partial charge on any atom is 0.153 e. The molecule has 3 N–H and O–H groups in total. The number of sulfone groups is 1. The molecule has 0 amide bonds. The van der Waals surface area contributed by atoms with Crippen molar-refractivity contribution in [2.45, 2.75) is 24.9 Å². The van der Waals surface area contributed by atoms with Gasteiger partial charge in [0.2, 0.25) is 0 Å². The quantitative estimate of drug-likeness (QED) is 0.675. The number of hydrogen-bond donors (Lipinski definition) is 2. The molecule has 0 aromatic rings. The second kappa shape index (κ2) is 3.94. The normalized spacial score (nSPS) is 37.4. The molecule has 0 aromatic heterocycles. The van der Waals surface area contributed by atoms with Crippen LogP contribution in [0.15, 0.2) is 0 Å². The molecule has 1 atom stereocenters. The minimum absolute atomic E-state index is 0.0755. The third kappa shape index (κ3) is 1.88. The first kappa shape index (κ1) is 12.3. The lowest BCUT2D eigenvalue weighted by Gasteiger charge is -2.46. The van der Waals surface area contributed by atoms with Gasteiger partial charge in [-0.2, -0.15) is 0 Å². The summed E-state index contributed by atoms with van der Waals surface area (Å²) < 4.78 is 28.3. The van der Waals surface area contributed by atoms with E-state index in [1.165, 1.54) is 0 Å². The molecule has 2 rings (SSSR count). The van der Waals surface area contributed by atoms with Gasteiger partial charge in [0, 0.05) is 25.2 Å². The van der Waals surface area contributed by atoms with Crippen LogP contribution in [0.25, 0.3) is 0 Å². The third-order valence-corrected chi connectivity index (χ3v) is 5.86. The van der Waals surface area contributed by atoms with Gasteiger partial charge in [-0.15, -0.1) is 0 Å². The van der Waals surface area contributed by atoms with E-state index >= 15 is 0 Å². The largest absolute Gasteiger partial charge is 0.388 e. The molecule has 2 aliphatic heterocycles. The van der Waals surface area contributed by atoms with E-state index < -0.39 is 20.9 Å². The molecular formula is C10H19NO4S. The molecule has 94 valence electrons. The van der Waals surface area contributed by atoms with Crippen molar-refractivity contribution in [1.29, 1.82) is 0 Å². The zero-order chi connectivity index (χ0) is 11.9. The first-order valence-corrected chi connectivity index (χ1v) is 7.46. The molecule has 2 aliphatic rings. The van der Waals surface area contributed by atoms with Gasteiger partial charge in [-0.05, 0) is 19.3 Å². The Morgan fingerprint density at radius 2 is 1.88 bits per heavy atom. The molecule has 5 nitrogen and oxygen atoms in total. The number of nitrogens with two attached hydrogens (primary N) is 1. The third-order valence-electron chi connectivity index (χ3n) is 4.11. The van der Waals surface area contributed by atoms with Crippen LogP contribution in [0.4, 0.5) is 0 Å². The summed E-state index contributed by atoms with van der Waals surface area (Å²) in [6.07, 6.45) is 1.61. The predicted molar refractivity (Wildman–Crippen MR) is 59.8 cm³/mol. The van der Waals surface area contributed by atoms with E-state index in [2.05, 4.69) is 0 Å². The van der Waals surface area contributed by atoms with Crippen molar-refractivity contribution in [3.63, 3.8) is 0 Å². The maximum absolute atomic E-state index is 11.5. The Bertz CT molecular complexity index is 361. The topological polar surface area (TPSA) is 89.6 Å². The van der Waals surface area contributed by atoms with Crippen LogP contribution in [-0.4, -0.2) is 50.4 Å². The van der Waals surface area contributed by atoms with Crippen molar-refractivity contribution in [2.24, 2.45) is 11.1 Å². The number of aliphatic hydroxyl groups is 1. The Labute approximate surface area is 95.9 Å². The summed E-state index contributed by atoms with van der Waals surface area (Å²) >= 11 is 0. The second-order valence-electron chi connectivity index (χ2n) is 4.97. The van der Waals surface area contributed by atoms with Gasteiger partial charge in [-0.25, -0.2) is 8.42 Å². The molecule has 2 fully saturated rings. The molecule has 0 bridgehead atoms. The highest BCUT2D eigenvalue weighted by atomic mass is 32.2. The van der Waals surface area contributed by atoms with E-state index in [1.807, 2.05) is 0 Å². The highest BCUT2D eigenvalue weighted by Gasteiger charge is 2.55. The van der Waals surface area contributed by atoms with Gasteiger partial charge >= 0.3 is 0 Å². The van der Waals surface area contributed by atoms with Crippen molar-refractivity contribution in [3.8, 4) is 0 Å². The van der Waals surface area contributed by atoms with Crippen LogP contribution in [0.3, 0.4) is 0 Å². The van der Waals surface area contributed by atoms with Crippen molar-refractivity contribution in [3.05, 3.63) is 0 Å². The van der Waals surface area contributed by atoms with Crippen molar-refractivity contribution < 1.29 is 18.3 Å². The van der Waals surface area contributed by atoms with E-state index in [1.54, 1.807) is 0 Å². The number of ether oxygens (including phenoxy) is 1. The van der Waals surface area contributed by atoms with Gasteiger partial charge < -0.3 is 15.6 Å². The molecule has 0 radical (unpaired) electrons. The summed E-state index contributed by atoms with van der Waals surface area (Å²) in [7, 11) is -3.10. The molecule has 0 spiro atoms. The molecular weight excluding hydrogens is 230 g/mol. The van der Waals surface area contributed by atoms with Crippen LogP contribution in [0.1, 0.15) is 19.3 Å². The Balaban J connectivity index is 2.27. The highest BCUT2D eigenvalue weighted by molar-refractivity contribution is 7.91. The lowest BCUT2D eigenvalue weighted by atomic mass is 9.66. The van der Waals surface area contributed by atoms with Gasteiger partial charge in [0.05, 0.1) is 17.1 Å². The first-order valence-electron chi connectivity index (χ1n) is 5.64. The zero-order valence-electron chi connectivity index (χ0n) is 9.31. The summed E-state index contributed by atoms with van der Waals surface area (Å²) in [4.78, 5) is 0. The van der Waals surface area contributed by atoms with Crippen LogP contribution in [-0.2, 0) is 14.6 Å². The first-order chi connectivity index (χ1) is 7.43. The minimum atomic E-state index is -3.10. The van der Waals surface area contributed by atoms with E-state index in [0.717, 1.165) is 0 Å². The van der Waals surface area contributed by atoms with E-state index in [4.69, 9.17) is 10.5 Å². The maximum atomic E-state index is 11.5. The average molecular weight is 249 g/mol. The van der Waals surface area contributed by atoms with Crippen LogP contribution >= 0.6 is 0 Å². The van der Waals surface area contributed by atoms with Crippen LogP contribution in [0, 0.1) is 5.41 Å². The fourth-order valence-electron chi connectivity index (χ4n) is 2.87. The second-order valence-corrected chi connectivity index (χ2v) is 7.15. The monoisotopic (exact) mass is 249 g/mol. The Hall–Kier alpha value is -0.170. The summed E-state index contributed by atoms with van der Waals surface area (Å²) in [6, 6.07) is 0. The lowest BCUT2D eigenvalue weighted by molar-refractivity contribution is -0.113. The predicted octanol–water partition coefficient (Wildman–Crippen LogP) is -0.708. The van der Waals surface area contributed by atoms with Gasteiger partial charge in [-0.3, -0.25) is 0 Å². The fourth-order valence-corrected chi connectivity index (χ4v) is 4.84. The Morgan fingerprint density at radius 1 is 1.25 bits per heavy atom. The van der Waals surface area contributed by atoms with Gasteiger partial charge in [0.1, 0.15) is 0 Å². The summed E-state index contributed by atoms with van der Waals surface area (Å²) in [6.45, 7) is 1.43. The smallest absolute Gasteiger partial charge is 0.153 e. The zero-order valence-corrected chi connectivity index (χ0v) is 10.1. The molecule has 0 saturated carbocycles.